The number of thioether (sulfide) groups is 1. The molecule has 7 nitrogen and oxygen atoms in total. The number of aromatic nitrogens is 3. The van der Waals surface area contributed by atoms with Gasteiger partial charge in [0.15, 0.2) is 11.0 Å². The SMILES string of the molecule is CCn1c(COc2ccc(F)c(Cl)c2)nnc1SCC(=O)Nc1sc2c(c1C#N)CCC(C(C)(C)CC)C2. The van der Waals surface area contributed by atoms with Crippen LogP contribution >= 0.6 is 34.7 Å². The zero-order valence-electron chi connectivity index (χ0n) is 21.9. The van der Waals surface area contributed by atoms with Crippen molar-refractivity contribution in [3.63, 3.8) is 0 Å². The van der Waals surface area contributed by atoms with Crippen molar-refractivity contribution in [3.8, 4) is 11.8 Å². The van der Waals surface area contributed by atoms with Gasteiger partial charge in [-0.1, -0.05) is 50.6 Å². The van der Waals surface area contributed by atoms with Crippen molar-refractivity contribution >= 4 is 45.6 Å². The van der Waals surface area contributed by atoms with Crippen LogP contribution < -0.4 is 10.1 Å². The Bertz CT molecular complexity index is 1360. The number of carbonyl (C=O) groups is 1. The number of hydrogen-bond acceptors (Lipinski definition) is 7. The standard InChI is InChI=1S/C27H31ClFN5O2S2/c1-5-27(3,4)16-7-9-18-19(13-30)25(38-22(18)11-16)31-24(35)15-37-26-33-32-23(34(26)6-2)14-36-17-8-10-21(29)20(28)12-17/h8,10,12,16H,5-7,9,11,14-15H2,1-4H3,(H,31,35). The molecular formula is C27H31ClFN5O2S2. The molecule has 0 aliphatic heterocycles. The van der Waals surface area contributed by atoms with Gasteiger partial charge in [0, 0.05) is 17.5 Å². The third kappa shape index (κ3) is 6.16. The van der Waals surface area contributed by atoms with Gasteiger partial charge in [-0.3, -0.25) is 4.79 Å². The lowest BCUT2D eigenvalue weighted by atomic mass is 9.69. The summed E-state index contributed by atoms with van der Waals surface area (Å²) in [6, 6.07) is 6.48. The molecule has 2 aromatic heterocycles. The number of amides is 1. The Balaban J connectivity index is 1.38. The van der Waals surface area contributed by atoms with Gasteiger partial charge in [-0.2, -0.15) is 5.26 Å². The first-order chi connectivity index (χ1) is 18.2. The van der Waals surface area contributed by atoms with Crippen LogP contribution in [0.5, 0.6) is 5.75 Å². The summed E-state index contributed by atoms with van der Waals surface area (Å²) in [6.07, 6.45) is 4.01. The topological polar surface area (TPSA) is 92.8 Å². The van der Waals surface area contributed by atoms with Crippen molar-refractivity contribution in [2.45, 2.75) is 71.7 Å². The maximum absolute atomic E-state index is 13.4. The second-order valence-electron chi connectivity index (χ2n) is 9.95. The fourth-order valence-corrected chi connectivity index (χ4v) is 6.89. The van der Waals surface area contributed by atoms with Crippen molar-refractivity contribution in [2.75, 3.05) is 11.1 Å². The van der Waals surface area contributed by atoms with Crippen LogP contribution in [0.2, 0.25) is 5.02 Å². The van der Waals surface area contributed by atoms with Gasteiger partial charge in [0.2, 0.25) is 5.91 Å². The van der Waals surface area contributed by atoms with Crippen molar-refractivity contribution in [2.24, 2.45) is 11.3 Å². The molecule has 1 amide bonds. The van der Waals surface area contributed by atoms with Crippen molar-refractivity contribution in [1.82, 2.24) is 14.8 Å². The molecule has 1 aliphatic rings. The number of anilines is 1. The Morgan fingerprint density at radius 3 is 2.87 bits per heavy atom. The van der Waals surface area contributed by atoms with E-state index in [1.807, 2.05) is 11.5 Å². The molecule has 4 rings (SSSR count). The van der Waals surface area contributed by atoms with Crippen LogP contribution in [0.15, 0.2) is 23.4 Å². The molecule has 1 atom stereocenters. The zero-order chi connectivity index (χ0) is 27.4. The summed E-state index contributed by atoms with van der Waals surface area (Å²) in [7, 11) is 0. The predicted octanol–water partition coefficient (Wildman–Crippen LogP) is 6.87. The molecule has 1 unspecified atom stereocenters. The minimum Gasteiger partial charge on any atom is -0.486 e. The Morgan fingerprint density at radius 2 is 2.18 bits per heavy atom. The van der Waals surface area contributed by atoms with Gasteiger partial charge in [0.25, 0.3) is 0 Å². The Labute approximate surface area is 235 Å². The zero-order valence-corrected chi connectivity index (χ0v) is 24.3. The monoisotopic (exact) mass is 575 g/mol. The molecule has 0 fully saturated rings. The Morgan fingerprint density at radius 1 is 1.39 bits per heavy atom. The van der Waals surface area contributed by atoms with Crippen LogP contribution in [-0.4, -0.2) is 26.4 Å². The van der Waals surface area contributed by atoms with E-state index in [1.165, 1.54) is 46.2 Å². The van der Waals surface area contributed by atoms with Gasteiger partial charge in [-0.05, 0) is 55.2 Å². The van der Waals surface area contributed by atoms with Crippen LogP contribution in [0.4, 0.5) is 9.39 Å². The highest BCUT2D eigenvalue weighted by atomic mass is 35.5. The minimum absolute atomic E-state index is 0.0162. The first kappa shape index (κ1) is 28.4. The summed E-state index contributed by atoms with van der Waals surface area (Å²) >= 11 is 8.63. The molecule has 0 saturated carbocycles. The average Bonchev–Trinajstić information content (AvgIpc) is 3.47. The number of carbonyl (C=O) groups excluding carboxylic acids is 1. The summed E-state index contributed by atoms with van der Waals surface area (Å²) in [4.78, 5) is 14.1. The highest BCUT2D eigenvalue weighted by molar-refractivity contribution is 7.99. The van der Waals surface area contributed by atoms with Crippen LogP contribution in [0.25, 0.3) is 0 Å². The van der Waals surface area contributed by atoms with E-state index in [9.17, 15) is 14.4 Å². The van der Waals surface area contributed by atoms with Crippen LogP contribution in [-0.2, 0) is 30.8 Å². The highest BCUT2D eigenvalue weighted by Crippen LogP contribution is 2.45. The molecule has 0 spiro atoms. The summed E-state index contributed by atoms with van der Waals surface area (Å²) in [6.45, 7) is 9.51. The summed E-state index contributed by atoms with van der Waals surface area (Å²) < 4.78 is 20.9. The molecule has 1 aliphatic carbocycles. The summed E-state index contributed by atoms with van der Waals surface area (Å²) in [5.41, 5.74) is 1.95. The third-order valence-corrected chi connectivity index (χ3v) is 9.77. The highest BCUT2D eigenvalue weighted by Gasteiger charge is 2.34. The molecule has 0 bridgehead atoms. The number of benzene rings is 1. The van der Waals surface area contributed by atoms with E-state index < -0.39 is 5.82 Å². The molecule has 38 heavy (non-hydrogen) atoms. The van der Waals surface area contributed by atoms with Crippen LogP contribution in [0.3, 0.4) is 0 Å². The van der Waals surface area contributed by atoms with Crippen LogP contribution in [0.1, 0.15) is 62.4 Å². The lowest BCUT2D eigenvalue weighted by molar-refractivity contribution is -0.113. The molecule has 11 heteroatoms. The molecule has 1 aromatic carbocycles. The number of fused-ring (bicyclic) bond motifs is 1. The molecular weight excluding hydrogens is 545 g/mol. The number of nitrogens with one attached hydrogen (secondary N) is 1. The van der Waals surface area contributed by atoms with E-state index in [2.05, 4.69) is 42.4 Å². The van der Waals surface area contributed by atoms with Gasteiger partial charge in [0.1, 0.15) is 29.2 Å². The largest absolute Gasteiger partial charge is 0.486 e. The molecule has 0 saturated heterocycles. The summed E-state index contributed by atoms with van der Waals surface area (Å²) in [5, 5.41) is 22.4. The maximum atomic E-state index is 13.4. The molecule has 1 N–H and O–H groups in total. The smallest absolute Gasteiger partial charge is 0.235 e. The first-order valence-electron chi connectivity index (χ1n) is 12.6. The number of rotatable bonds is 10. The van der Waals surface area contributed by atoms with Gasteiger partial charge in [-0.25, -0.2) is 4.39 Å². The second-order valence-corrected chi connectivity index (χ2v) is 12.4. The van der Waals surface area contributed by atoms with E-state index in [-0.39, 0.29) is 28.7 Å². The van der Waals surface area contributed by atoms with E-state index in [0.717, 1.165) is 31.2 Å². The van der Waals surface area contributed by atoms with Gasteiger partial charge >= 0.3 is 0 Å². The quantitative estimate of drug-likeness (QED) is 0.265. The van der Waals surface area contributed by atoms with E-state index in [4.69, 9.17) is 16.3 Å². The van der Waals surface area contributed by atoms with Crippen molar-refractivity contribution in [3.05, 3.63) is 50.9 Å². The average molecular weight is 576 g/mol. The summed E-state index contributed by atoms with van der Waals surface area (Å²) in [5.74, 6) is 1.00. The van der Waals surface area contributed by atoms with E-state index in [0.29, 0.717) is 39.8 Å². The molecule has 0 radical (unpaired) electrons. The van der Waals surface area contributed by atoms with Gasteiger partial charge < -0.3 is 14.6 Å². The van der Waals surface area contributed by atoms with Crippen LogP contribution in [0, 0.1) is 28.5 Å². The Kier molecular flexibility index (Phi) is 9.01. The molecule has 3 aromatic rings. The number of halogens is 2. The number of nitriles is 1. The maximum Gasteiger partial charge on any atom is 0.235 e. The number of nitrogens with zero attached hydrogens (tertiary/aromatic N) is 4. The predicted molar refractivity (Wildman–Crippen MR) is 149 cm³/mol. The van der Waals surface area contributed by atoms with E-state index in [1.54, 1.807) is 0 Å². The van der Waals surface area contributed by atoms with Gasteiger partial charge in [0.05, 0.1) is 16.3 Å². The van der Waals surface area contributed by atoms with Crippen molar-refractivity contribution < 1.29 is 13.9 Å². The number of thiophene rings is 1. The number of ether oxygens (including phenoxy) is 1. The second kappa shape index (κ2) is 12.1. The fraction of sp³-hybridized carbons (Fsp3) is 0.481. The normalized spacial score (nSPS) is 15.1. The fourth-order valence-electron chi connectivity index (χ4n) is 4.61. The van der Waals surface area contributed by atoms with Gasteiger partial charge in [-0.15, -0.1) is 21.5 Å². The minimum atomic E-state index is -0.512. The molecule has 2 heterocycles. The van der Waals surface area contributed by atoms with Crippen molar-refractivity contribution in [1.29, 1.82) is 5.26 Å². The Hall–Kier alpha value is -2.61. The van der Waals surface area contributed by atoms with E-state index >= 15 is 0 Å². The first-order valence-corrected chi connectivity index (χ1v) is 14.8. The lowest BCUT2D eigenvalue weighted by Crippen LogP contribution is -2.28. The third-order valence-electron chi connectivity index (χ3n) is 7.35. The number of hydrogen-bond donors (Lipinski definition) is 1. The lowest BCUT2D eigenvalue weighted by Gasteiger charge is -2.36. The molecule has 202 valence electrons.